The maximum absolute atomic E-state index is 13.2. The quantitative estimate of drug-likeness (QED) is 0.332. The van der Waals surface area contributed by atoms with Gasteiger partial charge in [-0.2, -0.15) is 4.57 Å². The Labute approximate surface area is 172 Å². The molecule has 28 heavy (non-hydrogen) atoms. The molecule has 6 heteroatoms. The van der Waals surface area contributed by atoms with Crippen LogP contribution in [0.5, 0.6) is 0 Å². The molecule has 1 fully saturated rings. The molecule has 1 N–H and O–H groups in total. The number of nitrogens with one attached hydrogen (secondary N) is 1. The number of hydrogen-bond acceptors (Lipinski definition) is 4. The molecule has 1 aliphatic heterocycles. The first-order valence-electron chi connectivity index (χ1n) is 9.74. The summed E-state index contributed by atoms with van der Waals surface area (Å²) >= 11 is 5.62. The largest absolute Gasteiger partial charge is 0.867 e. The van der Waals surface area contributed by atoms with Crippen LogP contribution in [0.4, 0.5) is 0 Å². The minimum atomic E-state index is -0.0808. The second kappa shape index (κ2) is 10.3. The Hall–Kier alpha value is -2.28. The van der Waals surface area contributed by atoms with Gasteiger partial charge in [-0.05, 0) is 23.3 Å². The summed E-state index contributed by atoms with van der Waals surface area (Å²) in [6, 6.07) is 13.4. The Morgan fingerprint density at radius 1 is 1.14 bits per heavy atom. The summed E-state index contributed by atoms with van der Waals surface area (Å²) in [4.78, 5) is 2.80. The maximum Gasteiger partial charge on any atom is 0.237 e. The number of aryl methyl sites for hydroxylation is 1. The van der Waals surface area contributed by atoms with Crippen LogP contribution in [0, 0.1) is 0 Å². The molecule has 1 aromatic heterocycles. The van der Waals surface area contributed by atoms with Gasteiger partial charge >= 0.3 is 0 Å². The van der Waals surface area contributed by atoms with Crippen LogP contribution in [0.25, 0.3) is 11.5 Å². The third-order valence-corrected chi connectivity index (χ3v) is 5.18. The molecule has 0 saturated carbocycles. The summed E-state index contributed by atoms with van der Waals surface area (Å²) in [5, 5.41) is 16.5. The van der Waals surface area contributed by atoms with Gasteiger partial charge in [0.25, 0.3) is 0 Å². The van der Waals surface area contributed by atoms with Gasteiger partial charge in [0.1, 0.15) is 0 Å². The van der Waals surface area contributed by atoms with Crippen LogP contribution in [0.2, 0.25) is 0 Å². The van der Waals surface area contributed by atoms with E-state index in [2.05, 4.69) is 17.1 Å². The van der Waals surface area contributed by atoms with Crippen molar-refractivity contribution in [1.82, 2.24) is 10.2 Å². The first-order chi connectivity index (χ1) is 13.7. The van der Waals surface area contributed by atoms with Crippen molar-refractivity contribution in [3.05, 3.63) is 66.0 Å². The van der Waals surface area contributed by atoms with Crippen molar-refractivity contribution in [2.45, 2.75) is 13.3 Å². The van der Waals surface area contributed by atoms with Gasteiger partial charge in [-0.15, -0.1) is 0 Å². The highest BCUT2D eigenvalue weighted by atomic mass is 32.1. The van der Waals surface area contributed by atoms with E-state index in [0.29, 0.717) is 22.8 Å². The molecule has 0 aliphatic carbocycles. The monoisotopic (exact) mass is 397 g/mol. The van der Waals surface area contributed by atoms with Gasteiger partial charge in [-0.25, -0.2) is 0 Å². The van der Waals surface area contributed by atoms with Gasteiger partial charge in [0.05, 0.1) is 13.2 Å². The minimum absolute atomic E-state index is 0.0808. The number of pyridine rings is 1. The lowest BCUT2D eigenvalue weighted by Crippen LogP contribution is -2.45. The number of ether oxygens (including phenoxy) is 1. The van der Waals surface area contributed by atoms with E-state index in [9.17, 15) is 5.11 Å². The van der Waals surface area contributed by atoms with E-state index in [1.807, 2.05) is 54.9 Å². The molecule has 5 nitrogen and oxygen atoms in total. The highest BCUT2D eigenvalue weighted by Crippen LogP contribution is 2.15. The fraction of sp³-hybridized carbons (Fsp3) is 0.364. The minimum Gasteiger partial charge on any atom is -0.867 e. The standard InChI is InChI=1S/C22H27N3O2S/c1-2-18-6-8-19(9-7-18)21(26)20(25-11-4-3-5-12-25)22(28)23-10-13-24-14-16-27-17-15-24/h3-9,11-12H,2,10,13-17H2,1H3,(H-,23,26,28). The van der Waals surface area contributed by atoms with Crippen LogP contribution in [-0.4, -0.2) is 49.3 Å². The molecule has 2 heterocycles. The second-order valence-electron chi connectivity index (χ2n) is 6.72. The number of thiocarbonyl (C=S) groups is 1. The third kappa shape index (κ3) is 5.38. The Morgan fingerprint density at radius 3 is 2.46 bits per heavy atom. The van der Waals surface area contributed by atoms with E-state index in [-0.39, 0.29) is 5.76 Å². The molecule has 1 aliphatic rings. The predicted molar refractivity (Wildman–Crippen MR) is 113 cm³/mol. The molecule has 1 saturated heterocycles. The third-order valence-electron chi connectivity index (χ3n) is 4.85. The lowest BCUT2D eigenvalue weighted by molar-refractivity contribution is -0.577. The molecule has 3 rings (SSSR count). The molecular weight excluding hydrogens is 370 g/mol. The van der Waals surface area contributed by atoms with Crippen LogP contribution in [0.15, 0.2) is 54.9 Å². The molecule has 148 valence electrons. The van der Waals surface area contributed by atoms with Crippen molar-refractivity contribution in [3.63, 3.8) is 0 Å². The topological polar surface area (TPSA) is 51.4 Å². The summed E-state index contributed by atoms with van der Waals surface area (Å²) in [6.45, 7) is 7.07. The van der Waals surface area contributed by atoms with Gasteiger partial charge < -0.3 is 15.2 Å². The summed E-state index contributed by atoms with van der Waals surface area (Å²) in [5.41, 5.74) is 2.32. The number of aromatic nitrogens is 1. The Morgan fingerprint density at radius 2 is 1.82 bits per heavy atom. The fourth-order valence-corrected chi connectivity index (χ4v) is 3.45. The number of hydrogen-bond donors (Lipinski definition) is 1. The van der Waals surface area contributed by atoms with Crippen LogP contribution >= 0.6 is 12.2 Å². The number of morpholine rings is 1. The van der Waals surface area contributed by atoms with E-state index < -0.39 is 0 Å². The van der Waals surface area contributed by atoms with Gasteiger partial charge in [0.15, 0.2) is 17.4 Å². The van der Waals surface area contributed by atoms with Gasteiger partial charge in [-0.1, -0.05) is 49.5 Å². The molecule has 0 spiro atoms. The SMILES string of the molecule is CCc1ccc(/C([O-])=C(/C(=S)NCCN2CCOCC2)[n+]2ccccc2)cc1. The van der Waals surface area contributed by atoms with Gasteiger partial charge in [-0.3, -0.25) is 4.90 Å². The summed E-state index contributed by atoms with van der Waals surface area (Å²) in [5.74, 6) is -0.0808. The fourth-order valence-electron chi connectivity index (χ4n) is 3.15. The summed E-state index contributed by atoms with van der Waals surface area (Å²) in [6.07, 6.45) is 4.65. The van der Waals surface area contributed by atoms with Crippen LogP contribution in [0.1, 0.15) is 18.1 Å². The zero-order chi connectivity index (χ0) is 19.8. The second-order valence-corrected chi connectivity index (χ2v) is 7.13. The van der Waals surface area contributed by atoms with E-state index >= 15 is 0 Å². The lowest BCUT2D eigenvalue weighted by Gasteiger charge is -2.26. The van der Waals surface area contributed by atoms with Crippen LogP contribution in [-0.2, 0) is 11.2 Å². The zero-order valence-electron chi connectivity index (χ0n) is 16.3. The molecule has 0 unspecified atom stereocenters. The Bertz CT molecular complexity index is 800. The molecule has 0 amide bonds. The van der Waals surface area contributed by atoms with Gasteiger partial charge in [0.2, 0.25) is 5.70 Å². The molecule has 2 aromatic rings. The van der Waals surface area contributed by atoms with Crippen molar-refractivity contribution < 1.29 is 14.4 Å². The molecular formula is C22H27N3O2S. The van der Waals surface area contributed by atoms with Crippen molar-refractivity contribution in [2.75, 3.05) is 39.4 Å². The number of nitrogens with zero attached hydrogens (tertiary/aromatic N) is 2. The Kier molecular flexibility index (Phi) is 7.54. The molecule has 0 radical (unpaired) electrons. The van der Waals surface area contributed by atoms with Crippen molar-refractivity contribution >= 4 is 28.7 Å². The first kappa shape index (κ1) is 20.5. The van der Waals surface area contributed by atoms with Crippen molar-refractivity contribution in [1.29, 1.82) is 0 Å². The molecule has 0 atom stereocenters. The van der Waals surface area contributed by atoms with E-state index in [1.54, 1.807) is 4.57 Å². The molecule has 0 bridgehead atoms. The van der Waals surface area contributed by atoms with Crippen LogP contribution in [0.3, 0.4) is 0 Å². The zero-order valence-corrected chi connectivity index (χ0v) is 17.1. The van der Waals surface area contributed by atoms with Crippen molar-refractivity contribution in [3.8, 4) is 0 Å². The highest BCUT2D eigenvalue weighted by Gasteiger charge is 2.18. The number of benzene rings is 1. The average Bonchev–Trinajstić information content (AvgIpc) is 2.75. The molecule has 1 aromatic carbocycles. The maximum atomic E-state index is 13.2. The van der Waals surface area contributed by atoms with Crippen LogP contribution < -0.4 is 15.0 Å². The summed E-state index contributed by atoms with van der Waals surface area (Å²) in [7, 11) is 0. The lowest BCUT2D eigenvalue weighted by atomic mass is 10.1. The first-order valence-corrected chi connectivity index (χ1v) is 10.2. The highest BCUT2D eigenvalue weighted by molar-refractivity contribution is 7.81. The van der Waals surface area contributed by atoms with E-state index in [0.717, 1.165) is 39.3 Å². The Balaban J connectivity index is 1.78. The average molecular weight is 398 g/mol. The van der Waals surface area contributed by atoms with E-state index in [4.69, 9.17) is 17.0 Å². The summed E-state index contributed by atoms with van der Waals surface area (Å²) < 4.78 is 7.17. The van der Waals surface area contributed by atoms with Gasteiger partial charge in [0, 0.05) is 38.3 Å². The van der Waals surface area contributed by atoms with E-state index in [1.165, 1.54) is 5.56 Å². The normalized spacial score (nSPS) is 15.8. The smallest absolute Gasteiger partial charge is 0.237 e. The number of rotatable bonds is 7. The van der Waals surface area contributed by atoms with Crippen molar-refractivity contribution in [2.24, 2.45) is 0 Å². The predicted octanol–water partition coefficient (Wildman–Crippen LogP) is 1.47.